The first-order chi connectivity index (χ1) is 27.3. The van der Waals surface area contributed by atoms with E-state index in [0.29, 0.717) is 0 Å². The molecular weight excluding hydrogens is 665 g/mol. The molecule has 0 N–H and O–H groups in total. The Kier molecular flexibility index (Phi) is 6.43. The number of rotatable bonds is 4. The first-order valence-corrected chi connectivity index (χ1v) is 19.1. The SMILES string of the molecule is c1ccc(-c2cccc(-n3c4ccc(-c5ccc6c(c5)c5ccccc5n6-c5ccc6ccccc6c5)cc4c4c5c(ccc43)-c3ccccc3C5)c2)cc1. The van der Waals surface area contributed by atoms with Crippen LogP contribution in [-0.4, -0.2) is 9.13 Å². The van der Waals surface area contributed by atoms with Gasteiger partial charge in [0, 0.05) is 32.9 Å². The first kappa shape index (κ1) is 30.3. The van der Waals surface area contributed by atoms with Gasteiger partial charge in [-0.3, -0.25) is 0 Å². The van der Waals surface area contributed by atoms with Crippen molar-refractivity contribution in [1.82, 2.24) is 9.13 Å². The van der Waals surface area contributed by atoms with Crippen LogP contribution in [-0.2, 0) is 6.42 Å². The zero-order chi connectivity index (χ0) is 36.0. The zero-order valence-electron chi connectivity index (χ0n) is 30.1. The Balaban J connectivity index is 1.08. The van der Waals surface area contributed by atoms with Crippen molar-refractivity contribution in [2.45, 2.75) is 6.42 Å². The minimum atomic E-state index is 0.941. The van der Waals surface area contributed by atoms with Crippen LogP contribution in [0.25, 0.3) is 99.1 Å². The molecule has 0 saturated carbocycles. The smallest absolute Gasteiger partial charge is 0.0544 e. The first-order valence-electron chi connectivity index (χ1n) is 19.1. The number of hydrogen-bond donors (Lipinski definition) is 0. The third kappa shape index (κ3) is 4.55. The van der Waals surface area contributed by atoms with E-state index < -0.39 is 0 Å². The molecule has 9 aromatic carbocycles. The van der Waals surface area contributed by atoms with Crippen molar-refractivity contribution in [3.05, 3.63) is 205 Å². The van der Waals surface area contributed by atoms with Gasteiger partial charge in [-0.05, 0) is 122 Å². The third-order valence-electron chi connectivity index (χ3n) is 11.9. The molecule has 0 radical (unpaired) electrons. The monoisotopic (exact) mass is 698 g/mol. The van der Waals surface area contributed by atoms with E-state index >= 15 is 0 Å². The second-order valence-corrected chi connectivity index (χ2v) is 14.9. The fourth-order valence-electron chi connectivity index (χ4n) is 9.41. The number of benzene rings is 9. The lowest BCUT2D eigenvalue weighted by atomic mass is 9.97. The summed E-state index contributed by atoms with van der Waals surface area (Å²) in [6.45, 7) is 0. The second kappa shape index (κ2) is 11.7. The standard InChI is InChI=1S/C53H34N2/c1-2-11-34(12-3-1)37-16-10-17-41(29-37)55-51-27-23-39(32-48(51)53-47-33-40-15-6-7-18-43(40)44(47)25-28-52(53)55)38-22-26-50-46(31-38)45-19-8-9-20-49(45)54(50)42-24-21-35-13-4-5-14-36(35)30-42/h1-32H,33H2. The summed E-state index contributed by atoms with van der Waals surface area (Å²) in [6, 6.07) is 71.6. The van der Waals surface area contributed by atoms with Gasteiger partial charge in [0.2, 0.25) is 0 Å². The van der Waals surface area contributed by atoms with Crippen LogP contribution in [0.4, 0.5) is 0 Å². The highest BCUT2D eigenvalue weighted by molar-refractivity contribution is 6.15. The summed E-state index contributed by atoms with van der Waals surface area (Å²) in [5.41, 5.74) is 17.7. The molecule has 0 atom stereocenters. The summed E-state index contributed by atoms with van der Waals surface area (Å²) in [7, 11) is 0. The lowest BCUT2D eigenvalue weighted by molar-refractivity contribution is 1.18. The number of para-hydroxylation sites is 1. The molecule has 1 aliphatic carbocycles. The summed E-state index contributed by atoms with van der Waals surface area (Å²) in [6.07, 6.45) is 0.941. The highest BCUT2D eigenvalue weighted by atomic mass is 15.0. The Morgan fingerprint density at radius 3 is 1.85 bits per heavy atom. The van der Waals surface area contributed by atoms with E-state index in [1.807, 2.05) is 0 Å². The van der Waals surface area contributed by atoms with Crippen LogP contribution < -0.4 is 0 Å². The van der Waals surface area contributed by atoms with Crippen molar-refractivity contribution in [2.75, 3.05) is 0 Å². The fraction of sp³-hybridized carbons (Fsp3) is 0.0189. The molecule has 11 aromatic rings. The van der Waals surface area contributed by atoms with Crippen LogP contribution in [0.1, 0.15) is 11.1 Å². The molecule has 2 heteroatoms. The van der Waals surface area contributed by atoms with E-state index in [1.54, 1.807) is 0 Å². The molecule has 0 spiro atoms. The van der Waals surface area contributed by atoms with Crippen LogP contribution in [0.15, 0.2) is 194 Å². The van der Waals surface area contributed by atoms with Gasteiger partial charge >= 0.3 is 0 Å². The van der Waals surface area contributed by atoms with E-state index in [9.17, 15) is 0 Å². The Morgan fingerprint density at radius 2 is 0.964 bits per heavy atom. The lowest BCUT2D eigenvalue weighted by Gasteiger charge is -2.11. The Morgan fingerprint density at radius 1 is 0.327 bits per heavy atom. The normalized spacial score (nSPS) is 12.3. The molecule has 0 saturated heterocycles. The average molecular weight is 699 g/mol. The average Bonchev–Trinajstić information content (AvgIpc) is 3.91. The predicted molar refractivity (Wildman–Crippen MR) is 232 cm³/mol. The van der Waals surface area contributed by atoms with Crippen molar-refractivity contribution >= 4 is 54.4 Å². The summed E-state index contributed by atoms with van der Waals surface area (Å²) in [5, 5.41) is 7.67. The Hall–Kier alpha value is -7.16. The minimum Gasteiger partial charge on any atom is -0.309 e. The summed E-state index contributed by atoms with van der Waals surface area (Å²) in [4.78, 5) is 0. The van der Waals surface area contributed by atoms with Crippen LogP contribution in [0, 0.1) is 0 Å². The minimum absolute atomic E-state index is 0.941. The van der Waals surface area contributed by atoms with Crippen LogP contribution in [0.3, 0.4) is 0 Å². The summed E-state index contributed by atoms with van der Waals surface area (Å²) >= 11 is 0. The van der Waals surface area contributed by atoms with Gasteiger partial charge in [-0.15, -0.1) is 0 Å². The van der Waals surface area contributed by atoms with Crippen molar-refractivity contribution in [3.8, 4) is 44.8 Å². The fourth-order valence-corrected chi connectivity index (χ4v) is 9.41. The van der Waals surface area contributed by atoms with Gasteiger partial charge in [0.05, 0.1) is 22.1 Å². The molecule has 1 aliphatic rings. The van der Waals surface area contributed by atoms with Gasteiger partial charge in [-0.1, -0.05) is 133 Å². The van der Waals surface area contributed by atoms with E-state index in [-0.39, 0.29) is 0 Å². The molecule has 0 unspecified atom stereocenters. The molecule has 55 heavy (non-hydrogen) atoms. The van der Waals surface area contributed by atoms with Gasteiger partial charge in [-0.25, -0.2) is 0 Å². The number of aromatic nitrogens is 2. The van der Waals surface area contributed by atoms with Crippen LogP contribution in [0.5, 0.6) is 0 Å². The summed E-state index contributed by atoms with van der Waals surface area (Å²) in [5.74, 6) is 0. The topological polar surface area (TPSA) is 9.86 Å². The lowest BCUT2D eigenvalue weighted by Crippen LogP contribution is -1.95. The zero-order valence-corrected chi connectivity index (χ0v) is 30.1. The molecule has 12 rings (SSSR count). The van der Waals surface area contributed by atoms with Gasteiger partial charge in [-0.2, -0.15) is 0 Å². The molecule has 0 amide bonds. The predicted octanol–water partition coefficient (Wildman–Crippen LogP) is 13.9. The van der Waals surface area contributed by atoms with Crippen molar-refractivity contribution in [3.63, 3.8) is 0 Å². The molecule has 2 aromatic heterocycles. The molecule has 0 aliphatic heterocycles. The van der Waals surface area contributed by atoms with E-state index in [1.165, 1.54) is 110 Å². The maximum atomic E-state index is 2.48. The van der Waals surface area contributed by atoms with Crippen molar-refractivity contribution < 1.29 is 0 Å². The highest BCUT2D eigenvalue weighted by Gasteiger charge is 2.25. The number of hydrogen-bond acceptors (Lipinski definition) is 0. The van der Waals surface area contributed by atoms with Gasteiger partial charge in [0.1, 0.15) is 0 Å². The maximum Gasteiger partial charge on any atom is 0.0544 e. The van der Waals surface area contributed by atoms with E-state index in [2.05, 4.69) is 203 Å². The number of nitrogens with zero attached hydrogens (tertiary/aromatic N) is 2. The van der Waals surface area contributed by atoms with E-state index in [4.69, 9.17) is 0 Å². The van der Waals surface area contributed by atoms with Gasteiger partial charge < -0.3 is 9.13 Å². The van der Waals surface area contributed by atoms with Gasteiger partial charge in [0.25, 0.3) is 0 Å². The number of fused-ring (bicyclic) bond motifs is 11. The molecule has 2 heterocycles. The van der Waals surface area contributed by atoms with Crippen LogP contribution in [0.2, 0.25) is 0 Å². The second-order valence-electron chi connectivity index (χ2n) is 14.9. The molecule has 0 bridgehead atoms. The Bertz CT molecular complexity index is 3340. The molecule has 0 fully saturated rings. The Labute approximate surface area is 318 Å². The van der Waals surface area contributed by atoms with E-state index in [0.717, 1.165) is 6.42 Å². The molecule has 2 nitrogen and oxygen atoms in total. The van der Waals surface area contributed by atoms with Crippen molar-refractivity contribution in [1.29, 1.82) is 0 Å². The largest absolute Gasteiger partial charge is 0.309 e. The van der Waals surface area contributed by atoms with Gasteiger partial charge in [0.15, 0.2) is 0 Å². The molecular formula is C53H34N2. The maximum absolute atomic E-state index is 2.48. The molecule has 256 valence electrons. The highest BCUT2D eigenvalue weighted by Crippen LogP contribution is 2.46. The van der Waals surface area contributed by atoms with Crippen LogP contribution >= 0.6 is 0 Å². The third-order valence-corrected chi connectivity index (χ3v) is 11.9. The quantitative estimate of drug-likeness (QED) is 0.173. The summed E-state index contributed by atoms with van der Waals surface area (Å²) < 4.78 is 4.90. The van der Waals surface area contributed by atoms with Crippen molar-refractivity contribution in [2.24, 2.45) is 0 Å².